The van der Waals surface area contributed by atoms with Crippen LogP contribution in [0.15, 0.2) is 30.3 Å². The molecule has 1 aromatic carbocycles. The Hall–Kier alpha value is -1.88. The molecule has 3 rings (SSSR count). The van der Waals surface area contributed by atoms with Gasteiger partial charge in [-0.05, 0) is 44.1 Å². The molecule has 5 nitrogen and oxygen atoms in total. The monoisotopic (exact) mass is 415 g/mol. The molecule has 0 spiro atoms. The van der Waals surface area contributed by atoms with E-state index in [2.05, 4.69) is 6.92 Å². The molecule has 1 N–H and O–H groups in total. The highest BCUT2D eigenvalue weighted by atomic mass is 16.6. The molecule has 2 amide bonds. The molecule has 0 radical (unpaired) electrons. The highest BCUT2D eigenvalue weighted by Crippen LogP contribution is 2.47. The van der Waals surface area contributed by atoms with Crippen LogP contribution in [0.3, 0.4) is 0 Å². The summed E-state index contributed by atoms with van der Waals surface area (Å²) in [5, 5.41) is 10.9. The first-order valence-electron chi connectivity index (χ1n) is 11.5. The molecule has 1 heterocycles. The van der Waals surface area contributed by atoms with E-state index in [1.165, 1.54) is 30.6 Å². The van der Waals surface area contributed by atoms with Gasteiger partial charge in [-0.1, -0.05) is 76.3 Å². The van der Waals surface area contributed by atoms with Crippen molar-refractivity contribution < 1.29 is 19.4 Å². The lowest BCUT2D eigenvalue weighted by Gasteiger charge is -2.30. The van der Waals surface area contributed by atoms with Crippen LogP contribution < -0.4 is 0 Å². The molecule has 2 fully saturated rings. The number of rotatable bonds is 10. The average molecular weight is 416 g/mol. The Bertz CT molecular complexity index is 732. The van der Waals surface area contributed by atoms with E-state index in [-0.39, 0.29) is 11.8 Å². The topological polar surface area (TPSA) is 66.8 Å². The molecule has 5 heteroatoms. The zero-order chi connectivity index (χ0) is 21.9. The zero-order valence-corrected chi connectivity index (χ0v) is 18.8. The van der Waals surface area contributed by atoms with Crippen LogP contribution in [-0.4, -0.2) is 39.8 Å². The number of carbonyl (C=O) groups is 2. The summed E-state index contributed by atoms with van der Waals surface area (Å²) in [7, 11) is 0. The third kappa shape index (κ3) is 5.05. The lowest BCUT2D eigenvalue weighted by Crippen LogP contribution is -2.49. The Morgan fingerprint density at radius 3 is 2.60 bits per heavy atom. The third-order valence-corrected chi connectivity index (χ3v) is 6.92. The number of cyclic esters (lactones) is 1. The number of amides is 2. The second-order valence-corrected chi connectivity index (χ2v) is 9.67. The van der Waals surface area contributed by atoms with Crippen molar-refractivity contribution in [2.24, 2.45) is 17.8 Å². The summed E-state index contributed by atoms with van der Waals surface area (Å²) in [6.07, 6.45) is 6.23. The van der Waals surface area contributed by atoms with Crippen LogP contribution in [-0.2, 0) is 16.0 Å². The molecule has 0 bridgehead atoms. The quantitative estimate of drug-likeness (QED) is 0.549. The number of benzene rings is 1. The fourth-order valence-corrected chi connectivity index (χ4v) is 4.79. The first-order valence-corrected chi connectivity index (χ1v) is 11.5. The first-order chi connectivity index (χ1) is 14.3. The maximum absolute atomic E-state index is 13.3. The predicted molar refractivity (Wildman–Crippen MR) is 117 cm³/mol. The fraction of sp³-hybridized carbons (Fsp3) is 0.680. The van der Waals surface area contributed by atoms with Crippen molar-refractivity contribution >= 4 is 12.0 Å². The summed E-state index contributed by atoms with van der Waals surface area (Å²) in [5.41, 5.74) is 0.281. The molecule has 1 aliphatic heterocycles. The van der Waals surface area contributed by atoms with Gasteiger partial charge in [-0.25, -0.2) is 9.69 Å². The van der Waals surface area contributed by atoms with E-state index < -0.39 is 29.8 Å². The minimum Gasteiger partial charge on any atom is -0.441 e. The highest BCUT2D eigenvalue weighted by Gasteiger charge is 2.53. The minimum absolute atomic E-state index is 0.171. The second kappa shape index (κ2) is 9.51. The van der Waals surface area contributed by atoms with Crippen molar-refractivity contribution in [2.45, 2.75) is 90.4 Å². The van der Waals surface area contributed by atoms with E-state index in [1.54, 1.807) is 6.92 Å². The van der Waals surface area contributed by atoms with Crippen molar-refractivity contribution in [1.82, 2.24) is 4.90 Å². The standard InChI is InChI=1S/C25H37NO4/c1-5-6-7-11-14-19-16-20(19)22(27)17(2)23(28)26-21(25(3,4)30-24(26)29)15-18-12-9-8-10-13-18/h8-10,12-13,17,19-22,27H,5-7,11,14-16H2,1-4H3/t17-,19-,20-,21-,22-/m1/s1. The summed E-state index contributed by atoms with van der Waals surface area (Å²) in [6.45, 7) is 7.64. The van der Waals surface area contributed by atoms with E-state index >= 15 is 0 Å². The molecule has 30 heavy (non-hydrogen) atoms. The molecule has 1 aliphatic carbocycles. The van der Waals surface area contributed by atoms with Crippen molar-refractivity contribution in [1.29, 1.82) is 0 Å². The number of hydrogen-bond acceptors (Lipinski definition) is 4. The van der Waals surface area contributed by atoms with Gasteiger partial charge in [0.05, 0.1) is 18.1 Å². The Morgan fingerprint density at radius 2 is 1.93 bits per heavy atom. The lowest BCUT2D eigenvalue weighted by atomic mass is 9.90. The van der Waals surface area contributed by atoms with Crippen molar-refractivity contribution in [2.75, 3.05) is 0 Å². The van der Waals surface area contributed by atoms with Crippen LogP contribution in [0.25, 0.3) is 0 Å². The normalized spacial score (nSPS) is 26.9. The van der Waals surface area contributed by atoms with Gasteiger partial charge in [0.25, 0.3) is 0 Å². The zero-order valence-electron chi connectivity index (χ0n) is 18.8. The lowest BCUT2D eigenvalue weighted by molar-refractivity contribution is -0.137. The molecule has 1 aromatic rings. The van der Waals surface area contributed by atoms with E-state index in [4.69, 9.17) is 4.74 Å². The van der Waals surface area contributed by atoms with Crippen LogP contribution in [0, 0.1) is 17.8 Å². The first kappa shape index (κ1) is 22.8. The van der Waals surface area contributed by atoms with Gasteiger partial charge in [-0.15, -0.1) is 0 Å². The summed E-state index contributed by atoms with van der Waals surface area (Å²) in [5.74, 6) is -0.259. The van der Waals surface area contributed by atoms with E-state index in [1.807, 2.05) is 44.2 Å². The summed E-state index contributed by atoms with van der Waals surface area (Å²) in [6, 6.07) is 9.44. The number of carbonyl (C=O) groups excluding carboxylic acids is 2. The molecule has 1 saturated carbocycles. The van der Waals surface area contributed by atoms with Gasteiger partial charge in [0.1, 0.15) is 5.60 Å². The molecule has 0 unspecified atom stereocenters. The maximum atomic E-state index is 13.3. The SMILES string of the molecule is CCCCCC[C@@H]1C[C@H]1[C@H](O)[C@@H](C)C(=O)N1C(=O)OC(C)(C)[C@H]1Cc1ccccc1. The van der Waals surface area contributed by atoms with Gasteiger partial charge in [0.2, 0.25) is 5.91 Å². The Morgan fingerprint density at radius 1 is 1.23 bits per heavy atom. The predicted octanol–water partition coefficient (Wildman–Crippen LogP) is 4.96. The summed E-state index contributed by atoms with van der Waals surface area (Å²) in [4.78, 5) is 27.2. The number of nitrogens with zero attached hydrogens (tertiary/aromatic N) is 1. The van der Waals surface area contributed by atoms with Crippen molar-refractivity contribution in [3.63, 3.8) is 0 Å². The Kier molecular flexibility index (Phi) is 7.22. The van der Waals surface area contributed by atoms with Gasteiger partial charge in [0.15, 0.2) is 0 Å². The van der Waals surface area contributed by atoms with Crippen molar-refractivity contribution in [3.8, 4) is 0 Å². The average Bonchev–Trinajstić information content (AvgIpc) is 3.45. The number of aliphatic hydroxyl groups excluding tert-OH is 1. The highest BCUT2D eigenvalue weighted by molar-refractivity contribution is 5.95. The Labute approximate surface area is 180 Å². The van der Waals surface area contributed by atoms with Gasteiger partial charge in [-0.2, -0.15) is 0 Å². The number of unbranched alkanes of at least 4 members (excludes halogenated alkanes) is 3. The number of hydrogen-bond donors (Lipinski definition) is 1. The Balaban J connectivity index is 1.64. The summed E-state index contributed by atoms with van der Waals surface area (Å²) < 4.78 is 5.56. The number of aliphatic hydroxyl groups is 1. The van der Waals surface area contributed by atoms with Gasteiger partial charge < -0.3 is 9.84 Å². The number of imide groups is 1. The molecule has 1 saturated heterocycles. The van der Waals surface area contributed by atoms with Crippen LogP contribution in [0.1, 0.15) is 71.8 Å². The summed E-state index contributed by atoms with van der Waals surface area (Å²) >= 11 is 0. The van der Waals surface area contributed by atoms with Crippen LogP contribution in [0.5, 0.6) is 0 Å². The molecule has 166 valence electrons. The molecule has 0 aromatic heterocycles. The molecular formula is C25H37NO4. The number of ether oxygens (including phenoxy) is 1. The van der Waals surface area contributed by atoms with Gasteiger partial charge in [-0.3, -0.25) is 4.79 Å². The van der Waals surface area contributed by atoms with E-state index in [0.29, 0.717) is 12.3 Å². The molecular weight excluding hydrogens is 378 g/mol. The smallest absolute Gasteiger partial charge is 0.417 e. The van der Waals surface area contributed by atoms with E-state index in [9.17, 15) is 14.7 Å². The van der Waals surface area contributed by atoms with Crippen molar-refractivity contribution in [3.05, 3.63) is 35.9 Å². The van der Waals surface area contributed by atoms with Crippen LogP contribution in [0.2, 0.25) is 0 Å². The largest absolute Gasteiger partial charge is 0.441 e. The minimum atomic E-state index is -0.769. The molecule has 5 atom stereocenters. The van der Waals surface area contributed by atoms with Crippen LogP contribution >= 0.6 is 0 Å². The van der Waals surface area contributed by atoms with E-state index in [0.717, 1.165) is 18.4 Å². The van der Waals surface area contributed by atoms with Gasteiger partial charge in [0, 0.05) is 0 Å². The third-order valence-electron chi connectivity index (χ3n) is 6.92. The molecule has 2 aliphatic rings. The fourth-order valence-electron chi connectivity index (χ4n) is 4.79. The second-order valence-electron chi connectivity index (χ2n) is 9.67. The van der Waals surface area contributed by atoms with Crippen LogP contribution in [0.4, 0.5) is 4.79 Å². The maximum Gasteiger partial charge on any atom is 0.417 e. The van der Waals surface area contributed by atoms with Gasteiger partial charge >= 0.3 is 6.09 Å².